The third-order valence-electron chi connectivity index (χ3n) is 4.42. The van der Waals surface area contributed by atoms with Crippen LogP contribution in [0.3, 0.4) is 0 Å². The van der Waals surface area contributed by atoms with Crippen LogP contribution in [0.4, 0.5) is 0 Å². The Morgan fingerprint density at radius 1 is 1.24 bits per heavy atom. The maximum atomic E-state index is 11.3. The molecule has 0 aliphatic carbocycles. The van der Waals surface area contributed by atoms with Gasteiger partial charge in [0.1, 0.15) is 0 Å². The predicted molar refractivity (Wildman–Crippen MR) is 81.9 cm³/mol. The van der Waals surface area contributed by atoms with Gasteiger partial charge >= 0.3 is 0 Å². The minimum Gasteiger partial charge on any atom is -0.378 e. The zero-order chi connectivity index (χ0) is 15.1. The maximum absolute atomic E-state index is 11.3. The van der Waals surface area contributed by atoms with Crippen LogP contribution in [-0.4, -0.2) is 43.4 Å². The normalized spacial score (nSPS) is 28.2. The summed E-state index contributed by atoms with van der Waals surface area (Å²) in [5.41, 5.74) is 6.31. The molecule has 2 aliphatic rings. The van der Waals surface area contributed by atoms with E-state index < -0.39 is 0 Å². The first-order chi connectivity index (χ1) is 10.1. The van der Waals surface area contributed by atoms with Crippen LogP contribution in [0.2, 0.25) is 0 Å². The molecule has 120 valence electrons. The van der Waals surface area contributed by atoms with E-state index in [1.807, 2.05) is 0 Å². The number of nitrogens with one attached hydrogen (secondary N) is 1. The highest BCUT2D eigenvalue weighted by Gasteiger charge is 2.34. The van der Waals surface area contributed by atoms with Crippen LogP contribution in [0.25, 0.3) is 0 Å². The maximum Gasteiger partial charge on any atom is 0.243 e. The summed E-state index contributed by atoms with van der Waals surface area (Å²) in [5.74, 6) is -0.147. The molecule has 2 rings (SSSR count). The van der Waals surface area contributed by atoms with Gasteiger partial charge in [0.2, 0.25) is 5.91 Å². The highest BCUT2D eigenvalue weighted by atomic mass is 16.5. The van der Waals surface area contributed by atoms with E-state index in [0.717, 1.165) is 58.2 Å². The van der Waals surface area contributed by atoms with Crippen molar-refractivity contribution < 1.29 is 14.3 Å². The van der Waals surface area contributed by atoms with Gasteiger partial charge in [0, 0.05) is 25.3 Å². The van der Waals surface area contributed by atoms with Gasteiger partial charge in [-0.15, -0.1) is 0 Å². The van der Waals surface area contributed by atoms with E-state index in [2.05, 4.69) is 11.9 Å². The van der Waals surface area contributed by atoms with Gasteiger partial charge in [-0.2, -0.15) is 0 Å². The fourth-order valence-corrected chi connectivity index (χ4v) is 3.31. The van der Waals surface area contributed by atoms with Gasteiger partial charge in [-0.1, -0.05) is 6.58 Å². The van der Waals surface area contributed by atoms with Crippen molar-refractivity contribution in [1.29, 1.82) is 0 Å². The Labute approximate surface area is 127 Å². The summed E-state index contributed by atoms with van der Waals surface area (Å²) in [5, 5.41) is 2.82. The van der Waals surface area contributed by atoms with E-state index in [0.29, 0.717) is 6.54 Å². The lowest BCUT2D eigenvalue weighted by atomic mass is 9.83. The number of rotatable bonds is 8. The van der Waals surface area contributed by atoms with Crippen molar-refractivity contribution in [3.63, 3.8) is 0 Å². The smallest absolute Gasteiger partial charge is 0.243 e. The van der Waals surface area contributed by atoms with E-state index in [1.54, 1.807) is 0 Å². The van der Waals surface area contributed by atoms with Gasteiger partial charge in [-0.3, -0.25) is 4.79 Å². The van der Waals surface area contributed by atoms with E-state index in [-0.39, 0.29) is 23.7 Å². The summed E-state index contributed by atoms with van der Waals surface area (Å²) < 4.78 is 11.5. The molecule has 0 spiro atoms. The molecule has 0 aromatic heterocycles. The third kappa shape index (κ3) is 5.41. The van der Waals surface area contributed by atoms with E-state index in [4.69, 9.17) is 15.2 Å². The van der Waals surface area contributed by atoms with Crippen LogP contribution in [0, 0.1) is 0 Å². The number of carbonyl (C=O) groups excluding carboxylic acids is 1. The SMILES string of the molecule is C=CC(=O)NCCC(N)(CC1CCCO1)CC1CCCO1. The molecule has 3 N–H and O–H groups in total. The van der Waals surface area contributed by atoms with Crippen LogP contribution in [0.15, 0.2) is 12.7 Å². The van der Waals surface area contributed by atoms with Crippen molar-refractivity contribution in [2.45, 2.75) is 62.7 Å². The quantitative estimate of drug-likeness (QED) is 0.666. The minimum atomic E-state index is -0.335. The zero-order valence-electron chi connectivity index (χ0n) is 12.8. The van der Waals surface area contributed by atoms with Crippen molar-refractivity contribution in [3.8, 4) is 0 Å². The molecule has 0 bridgehead atoms. The Morgan fingerprint density at radius 2 is 1.81 bits per heavy atom. The Bertz CT molecular complexity index is 329. The number of hydrogen-bond donors (Lipinski definition) is 2. The summed E-state index contributed by atoms with van der Waals surface area (Å²) in [7, 11) is 0. The second-order valence-electron chi connectivity index (χ2n) is 6.29. The van der Waals surface area contributed by atoms with Crippen molar-refractivity contribution >= 4 is 5.91 Å². The molecular formula is C16H28N2O3. The molecule has 2 saturated heterocycles. The fourth-order valence-electron chi connectivity index (χ4n) is 3.31. The zero-order valence-corrected chi connectivity index (χ0v) is 12.8. The molecule has 0 aromatic carbocycles. The first-order valence-electron chi connectivity index (χ1n) is 8.04. The van der Waals surface area contributed by atoms with Crippen LogP contribution < -0.4 is 11.1 Å². The van der Waals surface area contributed by atoms with Crippen molar-refractivity contribution in [1.82, 2.24) is 5.32 Å². The molecule has 2 heterocycles. The lowest BCUT2D eigenvalue weighted by molar-refractivity contribution is -0.116. The minimum absolute atomic E-state index is 0.147. The Morgan fingerprint density at radius 3 is 2.24 bits per heavy atom. The van der Waals surface area contributed by atoms with Crippen LogP contribution in [0.5, 0.6) is 0 Å². The Kier molecular flexibility index (Phi) is 6.21. The molecule has 2 atom stereocenters. The molecule has 0 saturated carbocycles. The van der Waals surface area contributed by atoms with Gasteiger partial charge in [0.15, 0.2) is 0 Å². The van der Waals surface area contributed by atoms with Crippen LogP contribution in [0.1, 0.15) is 44.9 Å². The summed E-state index contributed by atoms with van der Waals surface area (Å²) in [4.78, 5) is 11.3. The molecule has 2 unspecified atom stereocenters. The molecule has 1 amide bonds. The lowest BCUT2D eigenvalue weighted by Crippen LogP contribution is -2.47. The standard InChI is InChI=1S/C16H28N2O3/c1-2-15(19)18-8-7-16(17,11-13-5-3-9-20-13)12-14-6-4-10-21-14/h2,13-14H,1,3-12,17H2,(H,18,19). The summed E-state index contributed by atoms with van der Waals surface area (Å²) in [6.45, 7) is 5.71. The van der Waals surface area contributed by atoms with Crippen LogP contribution >= 0.6 is 0 Å². The lowest BCUT2D eigenvalue weighted by Gasteiger charge is -2.34. The van der Waals surface area contributed by atoms with Gasteiger partial charge < -0.3 is 20.5 Å². The average Bonchev–Trinajstić information content (AvgIpc) is 3.12. The molecule has 0 radical (unpaired) electrons. The summed E-state index contributed by atoms with van der Waals surface area (Å²) in [6.07, 6.45) is 8.64. The molecular weight excluding hydrogens is 268 g/mol. The summed E-state index contributed by atoms with van der Waals surface area (Å²) in [6, 6.07) is 0. The van der Waals surface area contributed by atoms with Gasteiger partial charge in [-0.25, -0.2) is 0 Å². The van der Waals surface area contributed by atoms with Crippen molar-refractivity contribution in [3.05, 3.63) is 12.7 Å². The first kappa shape index (κ1) is 16.5. The molecule has 0 aromatic rings. The first-order valence-corrected chi connectivity index (χ1v) is 8.04. The molecule has 5 nitrogen and oxygen atoms in total. The highest BCUT2D eigenvalue weighted by Crippen LogP contribution is 2.30. The number of carbonyl (C=O) groups is 1. The topological polar surface area (TPSA) is 73.6 Å². The number of hydrogen-bond acceptors (Lipinski definition) is 4. The Hall–Kier alpha value is -0.910. The van der Waals surface area contributed by atoms with E-state index in [9.17, 15) is 4.79 Å². The second kappa shape index (κ2) is 7.92. The van der Waals surface area contributed by atoms with Crippen molar-refractivity contribution in [2.24, 2.45) is 5.73 Å². The highest BCUT2D eigenvalue weighted by molar-refractivity contribution is 5.86. The van der Waals surface area contributed by atoms with Gasteiger partial charge in [0.25, 0.3) is 0 Å². The second-order valence-corrected chi connectivity index (χ2v) is 6.29. The van der Waals surface area contributed by atoms with Gasteiger partial charge in [-0.05, 0) is 51.0 Å². The molecule has 2 aliphatic heterocycles. The Balaban J connectivity index is 1.87. The third-order valence-corrected chi connectivity index (χ3v) is 4.42. The van der Waals surface area contributed by atoms with Gasteiger partial charge in [0.05, 0.1) is 12.2 Å². The number of ether oxygens (including phenoxy) is 2. The average molecular weight is 296 g/mol. The molecule has 5 heteroatoms. The monoisotopic (exact) mass is 296 g/mol. The predicted octanol–water partition coefficient (Wildman–Crippen LogP) is 1.51. The summed E-state index contributed by atoms with van der Waals surface area (Å²) >= 11 is 0. The number of nitrogens with two attached hydrogens (primary N) is 1. The molecule has 21 heavy (non-hydrogen) atoms. The van der Waals surface area contributed by atoms with Crippen molar-refractivity contribution in [2.75, 3.05) is 19.8 Å². The number of amides is 1. The molecule has 2 fully saturated rings. The van der Waals surface area contributed by atoms with Crippen LogP contribution in [-0.2, 0) is 14.3 Å². The van der Waals surface area contributed by atoms with E-state index >= 15 is 0 Å². The fraction of sp³-hybridized carbons (Fsp3) is 0.812. The largest absolute Gasteiger partial charge is 0.378 e. The van der Waals surface area contributed by atoms with E-state index in [1.165, 1.54) is 6.08 Å².